The van der Waals surface area contributed by atoms with Crippen LogP contribution in [0.5, 0.6) is 0 Å². The summed E-state index contributed by atoms with van der Waals surface area (Å²) >= 11 is 0. The van der Waals surface area contributed by atoms with Crippen molar-refractivity contribution in [1.82, 2.24) is 5.32 Å². The second kappa shape index (κ2) is 8.63. The highest BCUT2D eigenvalue weighted by Gasteiger charge is 2.28. The molecular formula is C24H17F4NO2. The molecule has 1 amide bonds. The van der Waals surface area contributed by atoms with Gasteiger partial charge >= 0.3 is 6.09 Å². The Morgan fingerprint density at radius 1 is 0.903 bits per heavy atom. The van der Waals surface area contributed by atoms with Crippen molar-refractivity contribution in [3.8, 4) is 11.1 Å². The SMILES string of the molecule is O=C(NCC=Cc1c(F)c(F)cc(F)c1F)OCC1c2ccccc2-c2ccccc21. The molecule has 0 fully saturated rings. The van der Waals surface area contributed by atoms with Crippen LogP contribution in [0.4, 0.5) is 22.4 Å². The van der Waals surface area contributed by atoms with E-state index >= 15 is 0 Å². The van der Waals surface area contributed by atoms with Crippen LogP contribution in [0.2, 0.25) is 0 Å². The number of nitrogens with one attached hydrogen (secondary N) is 1. The highest BCUT2D eigenvalue weighted by Crippen LogP contribution is 2.44. The molecule has 7 heteroatoms. The highest BCUT2D eigenvalue weighted by atomic mass is 19.2. The monoisotopic (exact) mass is 427 g/mol. The molecule has 1 N–H and O–H groups in total. The molecule has 0 bridgehead atoms. The van der Waals surface area contributed by atoms with Crippen LogP contribution in [0.1, 0.15) is 22.6 Å². The van der Waals surface area contributed by atoms with Gasteiger partial charge in [-0.15, -0.1) is 0 Å². The minimum absolute atomic E-state index is 0.104. The maximum absolute atomic E-state index is 13.6. The number of carbonyl (C=O) groups is 1. The molecular weight excluding hydrogens is 410 g/mol. The predicted octanol–water partition coefficient (Wildman–Crippen LogP) is 5.79. The van der Waals surface area contributed by atoms with Gasteiger partial charge in [0.25, 0.3) is 0 Å². The van der Waals surface area contributed by atoms with Crippen LogP contribution < -0.4 is 5.32 Å². The topological polar surface area (TPSA) is 38.3 Å². The van der Waals surface area contributed by atoms with Gasteiger partial charge in [0.15, 0.2) is 23.3 Å². The maximum Gasteiger partial charge on any atom is 0.407 e. The van der Waals surface area contributed by atoms with Crippen molar-refractivity contribution >= 4 is 12.2 Å². The lowest BCUT2D eigenvalue weighted by Gasteiger charge is -2.14. The number of hydrogen-bond acceptors (Lipinski definition) is 2. The number of ether oxygens (including phenoxy) is 1. The van der Waals surface area contributed by atoms with Crippen LogP contribution in [0.3, 0.4) is 0 Å². The molecule has 3 aromatic rings. The van der Waals surface area contributed by atoms with Crippen LogP contribution in [-0.4, -0.2) is 19.2 Å². The lowest BCUT2D eigenvalue weighted by Crippen LogP contribution is -2.26. The van der Waals surface area contributed by atoms with E-state index in [0.717, 1.165) is 28.3 Å². The van der Waals surface area contributed by atoms with Gasteiger partial charge in [0, 0.05) is 18.5 Å². The van der Waals surface area contributed by atoms with Crippen LogP contribution in [0.15, 0.2) is 60.7 Å². The summed E-state index contributed by atoms with van der Waals surface area (Å²) in [7, 11) is 0. The summed E-state index contributed by atoms with van der Waals surface area (Å²) in [4.78, 5) is 12.0. The number of amides is 1. The molecule has 3 nitrogen and oxygen atoms in total. The molecule has 3 aromatic carbocycles. The number of carbonyl (C=O) groups excluding carboxylic acids is 1. The predicted molar refractivity (Wildman–Crippen MR) is 108 cm³/mol. The standard InChI is InChI=1S/C24H17F4NO2/c25-20-12-21(26)23(28)18(22(20)27)10-5-11-29-24(30)31-13-19-16-8-3-1-6-14(16)15-7-2-4-9-17(15)19/h1-10,12,19H,11,13H2,(H,29,30). The van der Waals surface area contributed by atoms with Crippen LogP contribution in [-0.2, 0) is 4.74 Å². The quantitative estimate of drug-likeness (QED) is 0.413. The fourth-order valence-electron chi connectivity index (χ4n) is 3.71. The molecule has 0 atom stereocenters. The van der Waals surface area contributed by atoms with Gasteiger partial charge in [-0.25, -0.2) is 22.4 Å². The Morgan fingerprint density at radius 3 is 2.03 bits per heavy atom. The van der Waals surface area contributed by atoms with Gasteiger partial charge in [-0.1, -0.05) is 60.7 Å². The van der Waals surface area contributed by atoms with E-state index in [1.165, 1.54) is 6.08 Å². The molecule has 1 aliphatic rings. The molecule has 0 unspecified atom stereocenters. The molecule has 0 aliphatic heterocycles. The molecule has 158 valence electrons. The van der Waals surface area contributed by atoms with E-state index in [1.54, 1.807) is 0 Å². The average molecular weight is 427 g/mol. The smallest absolute Gasteiger partial charge is 0.407 e. The van der Waals surface area contributed by atoms with E-state index < -0.39 is 34.9 Å². The highest BCUT2D eigenvalue weighted by molar-refractivity contribution is 5.79. The number of rotatable bonds is 5. The third-order valence-corrected chi connectivity index (χ3v) is 5.14. The van der Waals surface area contributed by atoms with Gasteiger partial charge in [-0.3, -0.25) is 0 Å². The molecule has 1 aliphatic carbocycles. The summed E-state index contributed by atoms with van der Waals surface area (Å²) in [6.07, 6.45) is 1.31. The van der Waals surface area contributed by atoms with E-state index in [0.29, 0.717) is 0 Å². The Morgan fingerprint density at radius 2 is 1.45 bits per heavy atom. The molecule has 0 spiro atoms. The fourth-order valence-corrected chi connectivity index (χ4v) is 3.71. The Bertz CT molecular complexity index is 1100. The lowest BCUT2D eigenvalue weighted by molar-refractivity contribution is 0.144. The number of halogens is 4. The van der Waals surface area contributed by atoms with Crippen molar-refractivity contribution in [2.75, 3.05) is 13.2 Å². The summed E-state index contributed by atoms with van der Waals surface area (Å²) in [6.45, 7) is -0.0321. The summed E-state index contributed by atoms with van der Waals surface area (Å²) in [5.74, 6) is -6.11. The van der Waals surface area contributed by atoms with E-state index in [9.17, 15) is 22.4 Å². The first kappa shape index (κ1) is 20.7. The first-order valence-electron chi connectivity index (χ1n) is 9.55. The maximum atomic E-state index is 13.6. The second-order valence-corrected chi connectivity index (χ2v) is 6.99. The molecule has 31 heavy (non-hydrogen) atoms. The summed E-state index contributed by atoms with van der Waals surface area (Å²) < 4.78 is 59.0. The van der Waals surface area contributed by atoms with Crippen molar-refractivity contribution in [3.63, 3.8) is 0 Å². The fraction of sp³-hybridized carbons (Fsp3) is 0.125. The minimum atomic E-state index is -1.50. The van der Waals surface area contributed by atoms with Crippen LogP contribution in [0, 0.1) is 23.3 Å². The normalized spacial score (nSPS) is 12.6. The average Bonchev–Trinajstić information content (AvgIpc) is 3.09. The summed E-state index contributed by atoms with van der Waals surface area (Å²) in [5, 5.41) is 2.41. The first-order valence-corrected chi connectivity index (χ1v) is 9.55. The number of alkyl carbamates (subject to hydrolysis) is 1. The van der Waals surface area contributed by atoms with Gasteiger partial charge in [0.05, 0.1) is 5.56 Å². The zero-order chi connectivity index (χ0) is 22.0. The number of hydrogen-bond donors (Lipinski definition) is 1. The molecule has 0 aromatic heterocycles. The summed E-state index contributed by atoms with van der Waals surface area (Å²) in [5.41, 5.74) is 3.47. The Labute approximate surface area is 176 Å². The molecule has 0 saturated carbocycles. The molecule has 0 heterocycles. The van der Waals surface area contributed by atoms with Gasteiger partial charge < -0.3 is 10.1 Å². The lowest BCUT2D eigenvalue weighted by atomic mass is 9.98. The van der Waals surface area contributed by atoms with E-state index in [-0.39, 0.29) is 25.1 Å². The minimum Gasteiger partial charge on any atom is -0.449 e. The Hall–Kier alpha value is -3.61. The largest absolute Gasteiger partial charge is 0.449 e. The van der Waals surface area contributed by atoms with E-state index in [4.69, 9.17) is 4.74 Å². The summed E-state index contributed by atoms with van der Waals surface area (Å²) in [6, 6.07) is 15.9. The van der Waals surface area contributed by atoms with Gasteiger partial charge in [-0.2, -0.15) is 0 Å². The van der Waals surface area contributed by atoms with Crippen molar-refractivity contribution in [1.29, 1.82) is 0 Å². The Kier molecular flexibility index (Phi) is 5.75. The number of benzene rings is 3. The molecule has 0 radical (unpaired) electrons. The van der Waals surface area contributed by atoms with Crippen molar-refractivity contribution in [2.24, 2.45) is 0 Å². The third kappa shape index (κ3) is 4.03. The van der Waals surface area contributed by atoms with Gasteiger partial charge in [0.1, 0.15) is 6.61 Å². The Balaban J connectivity index is 1.36. The van der Waals surface area contributed by atoms with E-state index in [1.807, 2.05) is 48.5 Å². The van der Waals surface area contributed by atoms with Crippen molar-refractivity contribution in [2.45, 2.75) is 5.92 Å². The zero-order valence-electron chi connectivity index (χ0n) is 16.2. The molecule has 4 rings (SSSR count). The van der Waals surface area contributed by atoms with Crippen molar-refractivity contribution in [3.05, 3.63) is 101 Å². The first-order chi connectivity index (χ1) is 15.0. The third-order valence-electron chi connectivity index (χ3n) is 5.14. The van der Waals surface area contributed by atoms with Crippen LogP contribution in [0.25, 0.3) is 17.2 Å². The second-order valence-electron chi connectivity index (χ2n) is 6.99. The van der Waals surface area contributed by atoms with Gasteiger partial charge in [-0.05, 0) is 22.3 Å². The van der Waals surface area contributed by atoms with Crippen LogP contribution >= 0.6 is 0 Å². The molecule has 0 saturated heterocycles. The van der Waals surface area contributed by atoms with E-state index in [2.05, 4.69) is 5.32 Å². The van der Waals surface area contributed by atoms with Crippen molar-refractivity contribution < 1.29 is 27.1 Å². The van der Waals surface area contributed by atoms with Gasteiger partial charge in [0.2, 0.25) is 0 Å². The number of fused-ring (bicyclic) bond motifs is 3. The zero-order valence-corrected chi connectivity index (χ0v) is 16.2.